The summed E-state index contributed by atoms with van der Waals surface area (Å²) in [6, 6.07) is 9.49. The Morgan fingerprint density at radius 3 is 2.95 bits per heavy atom. The zero-order chi connectivity index (χ0) is 13.7. The molecule has 0 aliphatic carbocycles. The first-order valence-corrected chi connectivity index (χ1v) is 5.99. The normalized spacial score (nSPS) is 10.2. The lowest BCUT2D eigenvalue weighted by Crippen LogP contribution is -2.20. The summed E-state index contributed by atoms with van der Waals surface area (Å²) in [5, 5.41) is 3.29. The van der Waals surface area contributed by atoms with Crippen molar-refractivity contribution in [3.05, 3.63) is 48.3 Å². The molecule has 0 saturated heterocycles. The van der Waals surface area contributed by atoms with E-state index in [1.165, 1.54) is 5.56 Å². The van der Waals surface area contributed by atoms with Gasteiger partial charge in [0.25, 0.3) is 5.91 Å². The molecule has 0 atom stereocenters. The van der Waals surface area contributed by atoms with Crippen molar-refractivity contribution in [2.24, 2.45) is 12.8 Å². The van der Waals surface area contributed by atoms with Gasteiger partial charge in [-0.15, -0.1) is 0 Å². The Bertz CT molecular complexity index is 563. The van der Waals surface area contributed by atoms with Gasteiger partial charge in [-0.3, -0.25) is 4.79 Å². The van der Waals surface area contributed by atoms with Crippen molar-refractivity contribution in [3.63, 3.8) is 0 Å². The Morgan fingerprint density at radius 1 is 1.42 bits per heavy atom. The molecule has 0 unspecified atom stereocenters. The molecule has 0 aliphatic heterocycles. The number of primary amides is 1. The Hall–Kier alpha value is -2.43. The lowest BCUT2D eigenvalue weighted by Gasteiger charge is -2.08. The van der Waals surface area contributed by atoms with Gasteiger partial charge in [0.2, 0.25) is 0 Å². The summed E-state index contributed by atoms with van der Waals surface area (Å²) < 4.78 is 7.25. The number of rotatable bonds is 6. The smallest absolute Gasteiger partial charge is 0.255 e. The largest absolute Gasteiger partial charge is 0.484 e. The summed E-state index contributed by atoms with van der Waals surface area (Å²) in [6.07, 6.45) is 4.06. The molecule has 2 aromatic rings. The van der Waals surface area contributed by atoms with Crippen LogP contribution in [-0.4, -0.2) is 17.1 Å². The van der Waals surface area contributed by atoms with E-state index in [0.717, 1.165) is 12.2 Å². The molecule has 0 saturated carbocycles. The van der Waals surface area contributed by atoms with Crippen LogP contribution in [0.25, 0.3) is 0 Å². The number of aryl methyl sites for hydroxylation is 1. The average Bonchev–Trinajstić information content (AvgIpc) is 2.80. The number of aromatic nitrogens is 1. The summed E-state index contributed by atoms with van der Waals surface area (Å²) in [7, 11) is 1.99. The standard InChI is InChI=1S/C14H17N3O2/c1-17-6-5-11(9-17)8-16-12-3-2-4-13(7-12)19-10-14(15)18/h2-7,9,16H,8,10H2,1H3,(H2,15,18). The highest BCUT2D eigenvalue weighted by Gasteiger charge is 2.00. The van der Waals surface area contributed by atoms with Gasteiger partial charge in [-0.25, -0.2) is 0 Å². The van der Waals surface area contributed by atoms with Crippen LogP contribution in [0.4, 0.5) is 5.69 Å². The molecular weight excluding hydrogens is 242 g/mol. The number of hydrogen-bond acceptors (Lipinski definition) is 3. The summed E-state index contributed by atoms with van der Waals surface area (Å²) in [6.45, 7) is 0.627. The fourth-order valence-electron chi connectivity index (χ4n) is 1.72. The number of nitrogens with one attached hydrogen (secondary N) is 1. The first-order valence-electron chi connectivity index (χ1n) is 5.99. The van der Waals surface area contributed by atoms with Gasteiger partial charge >= 0.3 is 0 Å². The summed E-state index contributed by atoms with van der Waals surface area (Å²) in [5.74, 6) is 0.138. The molecule has 0 fully saturated rings. The molecule has 100 valence electrons. The number of benzene rings is 1. The molecule has 0 aliphatic rings. The SMILES string of the molecule is Cn1ccc(CNc2cccc(OCC(N)=O)c2)c1. The van der Waals surface area contributed by atoms with Gasteiger partial charge < -0.3 is 20.4 Å². The molecule has 0 bridgehead atoms. The van der Waals surface area contributed by atoms with E-state index in [2.05, 4.69) is 17.6 Å². The number of nitrogens with zero attached hydrogens (tertiary/aromatic N) is 1. The van der Waals surface area contributed by atoms with Gasteiger partial charge in [0.05, 0.1) is 0 Å². The molecule has 0 spiro atoms. The number of hydrogen-bond donors (Lipinski definition) is 2. The summed E-state index contributed by atoms with van der Waals surface area (Å²) >= 11 is 0. The van der Waals surface area contributed by atoms with E-state index in [-0.39, 0.29) is 6.61 Å². The Labute approximate surface area is 112 Å². The molecular formula is C14H17N3O2. The minimum Gasteiger partial charge on any atom is -0.484 e. The van der Waals surface area contributed by atoms with Gasteiger partial charge in [0, 0.05) is 37.7 Å². The molecule has 1 aromatic heterocycles. The zero-order valence-corrected chi connectivity index (χ0v) is 10.8. The first-order chi connectivity index (χ1) is 9.13. The monoisotopic (exact) mass is 259 g/mol. The van der Waals surface area contributed by atoms with E-state index in [9.17, 15) is 4.79 Å². The van der Waals surface area contributed by atoms with Crippen molar-refractivity contribution in [3.8, 4) is 5.75 Å². The van der Waals surface area contributed by atoms with Crippen molar-refractivity contribution >= 4 is 11.6 Å². The van der Waals surface area contributed by atoms with E-state index in [1.54, 1.807) is 6.07 Å². The Kier molecular flexibility index (Phi) is 4.07. The lowest BCUT2D eigenvalue weighted by molar-refractivity contribution is -0.119. The summed E-state index contributed by atoms with van der Waals surface area (Å²) in [4.78, 5) is 10.6. The Morgan fingerprint density at radius 2 is 2.26 bits per heavy atom. The number of carbonyl (C=O) groups is 1. The third-order valence-corrected chi connectivity index (χ3v) is 2.60. The molecule has 19 heavy (non-hydrogen) atoms. The number of nitrogens with two attached hydrogens (primary N) is 1. The van der Waals surface area contributed by atoms with Crippen LogP contribution in [0.1, 0.15) is 5.56 Å². The average molecular weight is 259 g/mol. The fourth-order valence-corrected chi connectivity index (χ4v) is 1.72. The highest BCUT2D eigenvalue weighted by Crippen LogP contribution is 2.18. The quantitative estimate of drug-likeness (QED) is 0.826. The first kappa shape index (κ1) is 13.0. The number of ether oxygens (including phenoxy) is 1. The van der Waals surface area contributed by atoms with Gasteiger partial charge in [0.15, 0.2) is 6.61 Å². The van der Waals surface area contributed by atoms with Crippen LogP contribution in [0.2, 0.25) is 0 Å². The van der Waals surface area contributed by atoms with Crippen LogP contribution >= 0.6 is 0 Å². The van der Waals surface area contributed by atoms with Crippen molar-refractivity contribution in [2.45, 2.75) is 6.54 Å². The minimum atomic E-state index is -0.484. The molecule has 2 rings (SSSR count). The summed E-state index contributed by atoms with van der Waals surface area (Å²) in [5.41, 5.74) is 7.17. The van der Waals surface area contributed by atoms with Crippen LogP contribution in [0, 0.1) is 0 Å². The highest BCUT2D eigenvalue weighted by molar-refractivity contribution is 5.75. The zero-order valence-electron chi connectivity index (χ0n) is 10.8. The van der Waals surface area contributed by atoms with Crippen molar-refractivity contribution in [2.75, 3.05) is 11.9 Å². The van der Waals surface area contributed by atoms with E-state index in [4.69, 9.17) is 10.5 Å². The van der Waals surface area contributed by atoms with Gasteiger partial charge in [-0.2, -0.15) is 0 Å². The number of amides is 1. The van der Waals surface area contributed by atoms with E-state index < -0.39 is 5.91 Å². The third kappa shape index (κ3) is 4.06. The number of carbonyl (C=O) groups excluding carboxylic acids is 1. The third-order valence-electron chi connectivity index (χ3n) is 2.60. The second-order valence-electron chi connectivity index (χ2n) is 4.32. The van der Waals surface area contributed by atoms with Crippen molar-refractivity contribution in [1.82, 2.24) is 4.57 Å². The second kappa shape index (κ2) is 5.95. The molecule has 1 aromatic carbocycles. The molecule has 3 N–H and O–H groups in total. The minimum absolute atomic E-state index is 0.109. The van der Waals surface area contributed by atoms with Crippen molar-refractivity contribution < 1.29 is 9.53 Å². The maximum Gasteiger partial charge on any atom is 0.255 e. The fraction of sp³-hybridized carbons (Fsp3) is 0.214. The number of anilines is 1. The predicted octanol–water partition coefficient (Wildman–Crippen LogP) is 1.50. The molecule has 5 nitrogen and oxygen atoms in total. The van der Waals surface area contributed by atoms with Crippen LogP contribution in [0.15, 0.2) is 42.7 Å². The molecule has 5 heteroatoms. The second-order valence-corrected chi connectivity index (χ2v) is 4.32. The van der Waals surface area contributed by atoms with E-state index >= 15 is 0 Å². The van der Waals surface area contributed by atoms with Crippen LogP contribution < -0.4 is 15.8 Å². The van der Waals surface area contributed by atoms with Crippen LogP contribution in [0.5, 0.6) is 5.75 Å². The molecule has 1 heterocycles. The van der Waals surface area contributed by atoms with Crippen molar-refractivity contribution in [1.29, 1.82) is 0 Å². The highest BCUT2D eigenvalue weighted by atomic mass is 16.5. The molecule has 0 radical (unpaired) electrons. The van der Waals surface area contributed by atoms with Gasteiger partial charge in [-0.05, 0) is 23.8 Å². The molecule has 1 amide bonds. The van der Waals surface area contributed by atoms with Crippen LogP contribution in [-0.2, 0) is 18.4 Å². The van der Waals surface area contributed by atoms with Gasteiger partial charge in [-0.1, -0.05) is 6.07 Å². The topological polar surface area (TPSA) is 69.3 Å². The van der Waals surface area contributed by atoms with Gasteiger partial charge in [0.1, 0.15) is 5.75 Å². The van der Waals surface area contributed by atoms with E-state index in [1.807, 2.05) is 36.0 Å². The predicted molar refractivity (Wildman–Crippen MR) is 73.9 cm³/mol. The maximum atomic E-state index is 10.6. The maximum absolute atomic E-state index is 10.6. The lowest BCUT2D eigenvalue weighted by atomic mass is 10.2. The van der Waals surface area contributed by atoms with Crippen LogP contribution in [0.3, 0.4) is 0 Å². The Balaban J connectivity index is 1.93. The van der Waals surface area contributed by atoms with E-state index in [0.29, 0.717) is 5.75 Å².